The lowest BCUT2D eigenvalue weighted by atomic mass is 10.0. The van der Waals surface area contributed by atoms with Crippen molar-refractivity contribution in [1.82, 2.24) is 15.0 Å². The summed E-state index contributed by atoms with van der Waals surface area (Å²) < 4.78 is 13.2. The van der Waals surface area contributed by atoms with Crippen LogP contribution in [-0.2, 0) is 11.2 Å². The Labute approximate surface area is 217 Å². The minimum Gasteiger partial charge on any atom is -0.364 e. The van der Waals surface area contributed by atoms with E-state index in [1.54, 1.807) is 12.1 Å². The number of rotatable bonds is 5. The van der Waals surface area contributed by atoms with Crippen molar-refractivity contribution in [2.45, 2.75) is 12.5 Å². The fourth-order valence-electron chi connectivity index (χ4n) is 5.20. The van der Waals surface area contributed by atoms with Gasteiger partial charge in [0.25, 0.3) is 11.7 Å². The molecule has 0 bridgehead atoms. The molecule has 2 aliphatic heterocycles. The van der Waals surface area contributed by atoms with E-state index in [-0.39, 0.29) is 17.4 Å². The van der Waals surface area contributed by atoms with Crippen molar-refractivity contribution in [3.63, 3.8) is 0 Å². The van der Waals surface area contributed by atoms with E-state index in [9.17, 15) is 19.2 Å². The van der Waals surface area contributed by atoms with Gasteiger partial charge in [-0.1, -0.05) is 30.3 Å². The summed E-state index contributed by atoms with van der Waals surface area (Å²) in [5, 5.41) is 12.0. The van der Waals surface area contributed by atoms with E-state index in [1.807, 2.05) is 53.4 Å². The Bertz CT molecular complexity index is 1580. The molecule has 4 heterocycles. The number of nitrogens with zero attached hydrogens (tertiary/aromatic N) is 5. The van der Waals surface area contributed by atoms with Gasteiger partial charge in [0.15, 0.2) is 5.82 Å². The Morgan fingerprint density at radius 1 is 1.08 bits per heavy atom. The van der Waals surface area contributed by atoms with Crippen molar-refractivity contribution >= 4 is 29.0 Å². The average molecular weight is 508 g/mol. The van der Waals surface area contributed by atoms with Gasteiger partial charge in [0, 0.05) is 36.6 Å². The van der Waals surface area contributed by atoms with Gasteiger partial charge in [-0.3, -0.25) is 9.59 Å². The third-order valence-electron chi connectivity index (χ3n) is 6.93. The number of carbonyl (C=O) groups is 2. The van der Waals surface area contributed by atoms with E-state index in [0.717, 1.165) is 29.8 Å². The van der Waals surface area contributed by atoms with Crippen LogP contribution in [0.5, 0.6) is 0 Å². The summed E-state index contributed by atoms with van der Waals surface area (Å²) in [4.78, 5) is 41.4. The molecule has 1 atom stereocenters. The molecule has 1 fully saturated rings. The molecule has 1 saturated heterocycles. The molecule has 2 aromatic carbocycles. The Balaban J connectivity index is 1.18. The predicted molar refractivity (Wildman–Crippen MR) is 139 cm³/mol. The molecule has 2 aromatic heterocycles. The van der Waals surface area contributed by atoms with Crippen LogP contribution in [0.4, 0.5) is 21.7 Å². The van der Waals surface area contributed by atoms with Gasteiger partial charge in [0.1, 0.15) is 17.5 Å². The molecular weight excluding hydrogens is 485 g/mol. The third-order valence-corrected chi connectivity index (χ3v) is 6.93. The van der Waals surface area contributed by atoms with E-state index < -0.39 is 17.5 Å². The van der Waals surface area contributed by atoms with Crippen LogP contribution < -0.4 is 15.1 Å². The molecule has 0 unspecified atom stereocenters. The first-order valence-corrected chi connectivity index (χ1v) is 12.2. The number of nitrogens with one attached hydrogen (secondary N) is 2. The zero-order valence-corrected chi connectivity index (χ0v) is 20.2. The minimum atomic E-state index is -0.788. The summed E-state index contributed by atoms with van der Waals surface area (Å²) >= 11 is 0. The number of aromatic nitrogens is 3. The number of anilines is 3. The highest BCUT2D eigenvalue weighted by Gasteiger charge is 2.35. The number of benzene rings is 2. The van der Waals surface area contributed by atoms with Crippen LogP contribution in [0.15, 0.2) is 67.0 Å². The van der Waals surface area contributed by atoms with Crippen LogP contribution in [0, 0.1) is 17.1 Å². The van der Waals surface area contributed by atoms with Crippen LogP contribution >= 0.6 is 0 Å². The number of H-pyrrole nitrogens is 1. The van der Waals surface area contributed by atoms with Crippen molar-refractivity contribution in [1.29, 1.82) is 5.26 Å². The van der Waals surface area contributed by atoms with Crippen LogP contribution in [0.2, 0.25) is 0 Å². The number of carbonyl (C=O) groups excluding carboxylic acids is 2. The SMILES string of the molecule is N#Cc1cc(-c2ccccc2)c(C(=O)C(=O)Nc2ccc3c(c2)C[C@@H]2CN(c4ncc(F)cn4)CCN32)[nH]1. The molecule has 4 aromatic rings. The second-order valence-corrected chi connectivity index (χ2v) is 9.27. The summed E-state index contributed by atoms with van der Waals surface area (Å²) in [6.07, 6.45) is 3.10. The molecular formula is C28H22FN7O2. The number of hydrogen-bond acceptors (Lipinski definition) is 7. The highest BCUT2D eigenvalue weighted by molar-refractivity contribution is 6.47. The number of piperazine rings is 1. The lowest BCUT2D eigenvalue weighted by Gasteiger charge is -2.39. The Morgan fingerprint density at radius 3 is 2.63 bits per heavy atom. The van der Waals surface area contributed by atoms with Crippen LogP contribution in [0.3, 0.4) is 0 Å². The Morgan fingerprint density at radius 2 is 1.87 bits per heavy atom. The third kappa shape index (κ3) is 4.24. The first-order chi connectivity index (χ1) is 18.5. The maximum absolute atomic E-state index is 13.2. The quantitative estimate of drug-likeness (QED) is 0.313. The largest absolute Gasteiger partial charge is 0.364 e. The lowest BCUT2D eigenvalue weighted by molar-refractivity contribution is -0.112. The van der Waals surface area contributed by atoms with Crippen LogP contribution in [-0.4, -0.2) is 52.3 Å². The maximum Gasteiger partial charge on any atom is 0.298 e. The molecule has 6 rings (SSSR count). The molecule has 0 radical (unpaired) electrons. The van der Waals surface area contributed by atoms with Gasteiger partial charge in [-0.25, -0.2) is 14.4 Å². The number of amides is 1. The van der Waals surface area contributed by atoms with Crippen molar-refractivity contribution in [2.24, 2.45) is 0 Å². The molecule has 188 valence electrons. The zero-order valence-electron chi connectivity index (χ0n) is 20.2. The molecule has 10 heteroatoms. The fourth-order valence-corrected chi connectivity index (χ4v) is 5.20. The normalized spacial score (nSPS) is 15.9. The fraction of sp³-hybridized carbons (Fsp3) is 0.179. The van der Waals surface area contributed by atoms with Gasteiger partial charge in [0.05, 0.1) is 18.4 Å². The number of ketones is 1. The first-order valence-electron chi connectivity index (χ1n) is 12.2. The van der Waals surface area contributed by atoms with E-state index in [4.69, 9.17) is 0 Å². The predicted octanol–water partition coefficient (Wildman–Crippen LogP) is 3.56. The second kappa shape index (κ2) is 9.44. The van der Waals surface area contributed by atoms with Gasteiger partial charge in [-0.15, -0.1) is 0 Å². The van der Waals surface area contributed by atoms with E-state index >= 15 is 0 Å². The lowest BCUT2D eigenvalue weighted by Crippen LogP contribution is -2.52. The molecule has 0 saturated carbocycles. The Kier molecular flexibility index (Phi) is 5.81. The number of Topliss-reactive ketones (excluding diaryl/α,β-unsaturated/α-hetero) is 1. The monoisotopic (exact) mass is 507 g/mol. The van der Waals surface area contributed by atoms with Crippen LogP contribution in [0.1, 0.15) is 21.7 Å². The molecule has 38 heavy (non-hydrogen) atoms. The number of halogens is 1. The summed E-state index contributed by atoms with van der Waals surface area (Å²) in [6.45, 7) is 2.16. The van der Waals surface area contributed by atoms with Crippen molar-refractivity contribution < 1.29 is 14.0 Å². The van der Waals surface area contributed by atoms with Gasteiger partial charge in [-0.05, 0) is 41.8 Å². The number of aromatic amines is 1. The molecule has 0 spiro atoms. The number of hydrogen-bond donors (Lipinski definition) is 2. The minimum absolute atomic E-state index is 0.0756. The van der Waals surface area contributed by atoms with Gasteiger partial charge in [-0.2, -0.15) is 5.26 Å². The van der Waals surface area contributed by atoms with E-state index in [2.05, 4.69) is 25.2 Å². The standard InChI is InChI=1S/C28H22FN7O2/c29-19-14-31-28(32-15-19)35-8-9-36-22(16-35)11-18-10-20(6-7-24(18)36)34-27(38)26(37)25-23(12-21(13-30)33-25)17-4-2-1-3-5-17/h1-7,10,12,14-15,22,33H,8-9,11,16H2,(H,34,38)/t22-/m1/s1. The molecule has 9 nitrogen and oxygen atoms in total. The van der Waals surface area contributed by atoms with Crippen molar-refractivity contribution in [3.05, 3.63) is 89.8 Å². The second-order valence-electron chi connectivity index (χ2n) is 9.27. The summed E-state index contributed by atoms with van der Waals surface area (Å²) in [6, 6.07) is 18.5. The molecule has 2 N–H and O–H groups in total. The van der Waals surface area contributed by atoms with Crippen LogP contribution in [0.25, 0.3) is 11.1 Å². The van der Waals surface area contributed by atoms with Gasteiger partial charge >= 0.3 is 0 Å². The highest BCUT2D eigenvalue weighted by Crippen LogP contribution is 2.36. The van der Waals surface area contributed by atoms with Gasteiger partial charge in [0.2, 0.25) is 5.95 Å². The Hall–Kier alpha value is -5.04. The summed E-state index contributed by atoms with van der Waals surface area (Å²) in [5.41, 5.74) is 4.19. The average Bonchev–Trinajstić information content (AvgIpc) is 3.54. The molecule has 0 aliphatic carbocycles. The number of nitriles is 1. The summed E-state index contributed by atoms with van der Waals surface area (Å²) in [7, 11) is 0. The van der Waals surface area contributed by atoms with E-state index in [0.29, 0.717) is 30.3 Å². The van der Waals surface area contributed by atoms with Crippen molar-refractivity contribution in [3.8, 4) is 17.2 Å². The maximum atomic E-state index is 13.2. The summed E-state index contributed by atoms with van der Waals surface area (Å²) in [5.74, 6) is -1.50. The topological polar surface area (TPSA) is 118 Å². The van der Waals surface area contributed by atoms with E-state index in [1.165, 1.54) is 12.4 Å². The van der Waals surface area contributed by atoms with Crippen molar-refractivity contribution in [2.75, 3.05) is 34.8 Å². The highest BCUT2D eigenvalue weighted by atomic mass is 19.1. The smallest absolute Gasteiger partial charge is 0.298 e. The zero-order chi connectivity index (χ0) is 26.2. The van der Waals surface area contributed by atoms with Gasteiger partial charge < -0.3 is 20.1 Å². The molecule has 2 aliphatic rings. The first kappa shape index (κ1) is 23.4. The molecule has 1 amide bonds. The number of fused-ring (bicyclic) bond motifs is 3.